The first-order valence-corrected chi connectivity index (χ1v) is 10.6. The van der Waals surface area contributed by atoms with Gasteiger partial charge in [-0.05, 0) is 38.8 Å². The van der Waals surface area contributed by atoms with Gasteiger partial charge in [-0.1, -0.05) is 12.8 Å². The molecule has 1 aliphatic carbocycles. The zero-order valence-electron chi connectivity index (χ0n) is 18.1. The van der Waals surface area contributed by atoms with Crippen molar-refractivity contribution in [3.63, 3.8) is 0 Å². The predicted molar refractivity (Wildman–Crippen MR) is 118 cm³/mol. The lowest BCUT2D eigenvalue weighted by molar-refractivity contribution is -0.125. The Bertz CT molecular complexity index is 1130. The molecule has 4 heterocycles. The van der Waals surface area contributed by atoms with E-state index in [0.29, 0.717) is 35.6 Å². The second kappa shape index (κ2) is 7.16. The first-order chi connectivity index (χ1) is 14.9. The van der Waals surface area contributed by atoms with Gasteiger partial charge in [-0.15, -0.1) is 0 Å². The summed E-state index contributed by atoms with van der Waals surface area (Å²) in [5.74, 6) is 7.61. The van der Waals surface area contributed by atoms with Gasteiger partial charge in [0.25, 0.3) is 0 Å². The van der Waals surface area contributed by atoms with Crippen LogP contribution in [0.2, 0.25) is 0 Å². The number of hydrazine groups is 1. The highest BCUT2D eigenvalue weighted by Gasteiger charge is 2.41. The quantitative estimate of drug-likeness (QED) is 0.507. The molecule has 1 amide bonds. The standard InChI is InChI=1S/C21H27N9O/c1-21(2)12-28(14-7-4-5-8-14)18-16(27(3)19(21)31)11-23-20(26-18)30(22)15-9-6-10-29-17(15)24-13-25-29/h6,9-11,13-14H,4-5,7-8,12,22H2,1-3H3. The van der Waals surface area contributed by atoms with Crippen molar-refractivity contribution in [2.75, 3.05) is 28.4 Å². The minimum absolute atomic E-state index is 0.0587. The molecule has 1 aliphatic heterocycles. The van der Waals surface area contributed by atoms with Crippen LogP contribution in [0.25, 0.3) is 5.65 Å². The Morgan fingerprint density at radius 2 is 2.00 bits per heavy atom. The van der Waals surface area contributed by atoms with Gasteiger partial charge in [0.15, 0.2) is 11.5 Å². The Morgan fingerprint density at radius 3 is 2.77 bits per heavy atom. The third-order valence-electron chi connectivity index (χ3n) is 6.34. The third kappa shape index (κ3) is 3.18. The van der Waals surface area contributed by atoms with E-state index in [-0.39, 0.29) is 5.91 Å². The number of amides is 1. The molecule has 2 aliphatic rings. The van der Waals surface area contributed by atoms with Gasteiger partial charge in [0.1, 0.15) is 17.7 Å². The summed E-state index contributed by atoms with van der Waals surface area (Å²) in [4.78, 5) is 30.8. The van der Waals surface area contributed by atoms with Gasteiger partial charge in [0.05, 0.1) is 11.6 Å². The van der Waals surface area contributed by atoms with Gasteiger partial charge < -0.3 is 9.80 Å². The Labute approximate surface area is 180 Å². The Morgan fingerprint density at radius 1 is 1.23 bits per heavy atom. The Balaban J connectivity index is 1.62. The molecule has 0 bridgehead atoms. The van der Waals surface area contributed by atoms with Gasteiger partial charge in [0, 0.05) is 25.8 Å². The molecular formula is C21H27N9O. The highest BCUT2D eigenvalue weighted by molar-refractivity contribution is 6.00. The summed E-state index contributed by atoms with van der Waals surface area (Å²) < 4.78 is 1.65. The first kappa shape index (κ1) is 19.7. The molecule has 10 heteroatoms. The van der Waals surface area contributed by atoms with Crippen LogP contribution in [0.1, 0.15) is 39.5 Å². The zero-order chi connectivity index (χ0) is 21.8. The second-order valence-electron chi connectivity index (χ2n) is 8.98. The summed E-state index contributed by atoms with van der Waals surface area (Å²) in [6.45, 7) is 4.60. The van der Waals surface area contributed by atoms with Crippen LogP contribution in [0.3, 0.4) is 0 Å². The van der Waals surface area contributed by atoms with Crippen LogP contribution in [0.4, 0.5) is 23.1 Å². The van der Waals surface area contributed by atoms with Crippen LogP contribution in [-0.2, 0) is 4.79 Å². The molecule has 0 aromatic carbocycles. The van der Waals surface area contributed by atoms with Crippen LogP contribution in [0, 0.1) is 5.41 Å². The van der Waals surface area contributed by atoms with Crippen LogP contribution in [0.15, 0.2) is 30.9 Å². The number of rotatable bonds is 3. The molecule has 31 heavy (non-hydrogen) atoms. The van der Waals surface area contributed by atoms with E-state index in [0.717, 1.165) is 18.7 Å². The van der Waals surface area contributed by atoms with Gasteiger partial charge in [-0.2, -0.15) is 10.1 Å². The van der Waals surface area contributed by atoms with E-state index < -0.39 is 5.41 Å². The largest absolute Gasteiger partial charge is 0.351 e. The van der Waals surface area contributed by atoms with Crippen molar-refractivity contribution in [2.24, 2.45) is 11.3 Å². The smallest absolute Gasteiger partial charge is 0.246 e. The minimum Gasteiger partial charge on any atom is -0.351 e. The van der Waals surface area contributed by atoms with E-state index >= 15 is 0 Å². The molecule has 3 aromatic rings. The molecule has 1 saturated carbocycles. The molecule has 1 fully saturated rings. The van der Waals surface area contributed by atoms with Crippen molar-refractivity contribution in [3.8, 4) is 0 Å². The topological polar surface area (TPSA) is 109 Å². The maximum Gasteiger partial charge on any atom is 0.246 e. The fourth-order valence-corrected chi connectivity index (χ4v) is 4.70. The zero-order valence-corrected chi connectivity index (χ0v) is 18.1. The molecule has 0 saturated heterocycles. The van der Waals surface area contributed by atoms with Crippen molar-refractivity contribution in [3.05, 3.63) is 30.9 Å². The number of nitrogens with two attached hydrogens (primary N) is 1. The second-order valence-corrected chi connectivity index (χ2v) is 8.98. The lowest BCUT2D eigenvalue weighted by atomic mass is 9.91. The molecule has 0 radical (unpaired) electrons. The van der Waals surface area contributed by atoms with E-state index in [9.17, 15) is 4.79 Å². The molecule has 5 rings (SSSR count). The van der Waals surface area contributed by atoms with Crippen molar-refractivity contribution < 1.29 is 4.79 Å². The SMILES string of the molecule is CN1C(=O)C(C)(C)CN(C2CCCC2)c2nc(N(N)c3cccn4ncnc34)ncc21. The number of carbonyl (C=O) groups excluding carboxylic acids is 1. The fourth-order valence-electron chi connectivity index (χ4n) is 4.70. The van der Waals surface area contributed by atoms with Crippen molar-refractivity contribution in [1.82, 2.24) is 24.6 Å². The molecule has 10 nitrogen and oxygen atoms in total. The number of aromatic nitrogens is 5. The summed E-state index contributed by atoms with van der Waals surface area (Å²) in [6, 6.07) is 4.05. The highest BCUT2D eigenvalue weighted by atomic mass is 16.2. The highest BCUT2D eigenvalue weighted by Crippen LogP contribution is 2.40. The van der Waals surface area contributed by atoms with Gasteiger partial charge in [-0.25, -0.2) is 25.3 Å². The maximum atomic E-state index is 13.1. The monoisotopic (exact) mass is 421 g/mol. The first-order valence-electron chi connectivity index (χ1n) is 10.6. The Hall–Kier alpha value is -3.27. The minimum atomic E-state index is -0.534. The van der Waals surface area contributed by atoms with Crippen LogP contribution >= 0.6 is 0 Å². The lowest BCUT2D eigenvalue weighted by Gasteiger charge is -2.34. The fraction of sp³-hybridized carbons (Fsp3) is 0.476. The van der Waals surface area contributed by atoms with Gasteiger partial charge in [0.2, 0.25) is 11.9 Å². The van der Waals surface area contributed by atoms with E-state index in [2.05, 4.69) is 20.0 Å². The predicted octanol–water partition coefficient (Wildman–Crippen LogP) is 2.28. The number of fused-ring (bicyclic) bond motifs is 2. The van der Waals surface area contributed by atoms with E-state index in [1.165, 1.54) is 24.2 Å². The molecule has 2 N–H and O–H groups in total. The number of carbonyl (C=O) groups is 1. The number of hydrogen-bond donors (Lipinski definition) is 1. The van der Waals surface area contributed by atoms with Gasteiger partial charge >= 0.3 is 0 Å². The van der Waals surface area contributed by atoms with Crippen molar-refractivity contribution >= 4 is 34.7 Å². The summed E-state index contributed by atoms with van der Waals surface area (Å²) in [5, 5.41) is 5.59. The Kier molecular flexibility index (Phi) is 4.54. The molecular weight excluding hydrogens is 394 g/mol. The normalized spacial score (nSPS) is 19.0. The van der Waals surface area contributed by atoms with Crippen LogP contribution in [0.5, 0.6) is 0 Å². The number of anilines is 4. The molecule has 162 valence electrons. The summed E-state index contributed by atoms with van der Waals surface area (Å²) in [7, 11) is 1.79. The third-order valence-corrected chi connectivity index (χ3v) is 6.34. The van der Waals surface area contributed by atoms with Crippen molar-refractivity contribution in [2.45, 2.75) is 45.6 Å². The van der Waals surface area contributed by atoms with E-state index in [1.807, 2.05) is 32.2 Å². The molecule has 0 atom stereocenters. The summed E-state index contributed by atoms with van der Waals surface area (Å²) in [6.07, 6.45) is 9.56. The van der Waals surface area contributed by atoms with Crippen molar-refractivity contribution in [1.29, 1.82) is 0 Å². The molecule has 3 aromatic heterocycles. The number of pyridine rings is 1. The number of hydrogen-bond acceptors (Lipinski definition) is 8. The summed E-state index contributed by atoms with van der Waals surface area (Å²) in [5.41, 5.74) is 1.43. The molecule has 0 spiro atoms. The summed E-state index contributed by atoms with van der Waals surface area (Å²) >= 11 is 0. The van der Waals surface area contributed by atoms with Crippen LogP contribution < -0.4 is 20.7 Å². The maximum absolute atomic E-state index is 13.1. The average molecular weight is 422 g/mol. The van der Waals surface area contributed by atoms with Crippen LogP contribution in [-0.4, -0.2) is 50.1 Å². The lowest BCUT2D eigenvalue weighted by Crippen LogP contribution is -2.45. The van der Waals surface area contributed by atoms with E-state index in [1.54, 1.807) is 22.7 Å². The number of nitrogens with zero attached hydrogens (tertiary/aromatic N) is 8. The van der Waals surface area contributed by atoms with E-state index in [4.69, 9.17) is 10.8 Å². The van der Waals surface area contributed by atoms with Gasteiger partial charge in [-0.3, -0.25) is 4.79 Å². The average Bonchev–Trinajstić information content (AvgIpc) is 3.46. The molecule has 0 unspecified atom stereocenters.